The lowest BCUT2D eigenvalue weighted by molar-refractivity contribution is -0.130. The molecular formula is C22H21N3O4S. The van der Waals surface area contributed by atoms with E-state index in [1.165, 1.54) is 11.9 Å². The van der Waals surface area contributed by atoms with Crippen molar-refractivity contribution in [2.45, 2.75) is 31.2 Å². The zero-order valence-corrected chi connectivity index (χ0v) is 17.4. The van der Waals surface area contributed by atoms with Crippen molar-refractivity contribution in [1.82, 2.24) is 5.01 Å². The van der Waals surface area contributed by atoms with Gasteiger partial charge in [-0.2, -0.15) is 5.10 Å². The number of hydrazone groups is 1. The van der Waals surface area contributed by atoms with E-state index in [4.69, 9.17) is 4.42 Å². The van der Waals surface area contributed by atoms with Gasteiger partial charge in [0.2, 0.25) is 5.91 Å². The maximum absolute atomic E-state index is 12.9. The van der Waals surface area contributed by atoms with E-state index in [9.17, 15) is 13.2 Å². The van der Waals surface area contributed by atoms with E-state index < -0.39 is 10.0 Å². The topological polar surface area (TPSA) is 92.0 Å². The lowest BCUT2D eigenvalue weighted by Gasteiger charge is -2.17. The standard InChI is InChI=1S/C22H21N3O4S/c1-15-9-11-17(12-10-15)30(27,28)24-19-7-4-3-6-18(19)20-14-21(22-8-5-13-29-22)25(23-20)16(2)26/h3-13,21,24H,14H2,1-2H3/t21-/m0/s1. The van der Waals surface area contributed by atoms with Gasteiger partial charge in [0.1, 0.15) is 11.8 Å². The normalized spacial score (nSPS) is 16.4. The van der Waals surface area contributed by atoms with Gasteiger partial charge in [-0.3, -0.25) is 9.52 Å². The molecule has 0 fully saturated rings. The second-order valence-electron chi connectivity index (χ2n) is 7.11. The molecule has 8 heteroatoms. The lowest BCUT2D eigenvalue weighted by Crippen LogP contribution is -2.23. The molecule has 3 aromatic rings. The molecule has 0 bridgehead atoms. The number of nitrogens with one attached hydrogen (secondary N) is 1. The number of hydrogen-bond acceptors (Lipinski definition) is 5. The fourth-order valence-corrected chi connectivity index (χ4v) is 4.49. The molecule has 1 atom stereocenters. The zero-order valence-electron chi connectivity index (χ0n) is 16.6. The van der Waals surface area contributed by atoms with E-state index in [1.807, 2.05) is 6.92 Å². The first-order valence-corrected chi connectivity index (χ1v) is 10.9. The van der Waals surface area contributed by atoms with E-state index >= 15 is 0 Å². The Morgan fingerprint density at radius 2 is 1.83 bits per heavy atom. The molecule has 2 heterocycles. The van der Waals surface area contributed by atoms with Crippen molar-refractivity contribution < 1.29 is 17.6 Å². The van der Waals surface area contributed by atoms with Gasteiger partial charge in [0.05, 0.1) is 22.6 Å². The number of benzene rings is 2. The van der Waals surface area contributed by atoms with Crippen LogP contribution < -0.4 is 4.72 Å². The minimum absolute atomic E-state index is 0.176. The van der Waals surface area contributed by atoms with Crippen molar-refractivity contribution in [2.75, 3.05) is 4.72 Å². The molecule has 0 aliphatic carbocycles. The third-order valence-electron chi connectivity index (χ3n) is 4.92. The molecular weight excluding hydrogens is 402 g/mol. The summed E-state index contributed by atoms with van der Waals surface area (Å²) in [6.45, 7) is 3.34. The third-order valence-corrected chi connectivity index (χ3v) is 6.30. The fourth-order valence-electron chi connectivity index (χ4n) is 3.41. The summed E-state index contributed by atoms with van der Waals surface area (Å²) in [6, 6.07) is 16.8. The summed E-state index contributed by atoms with van der Waals surface area (Å²) in [5.41, 5.74) is 2.60. The van der Waals surface area contributed by atoms with E-state index in [0.29, 0.717) is 29.1 Å². The molecule has 0 saturated carbocycles. The highest BCUT2D eigenvalue weighted by Gasteiger charge is 2.34. The largest absolute Gasteiger partial charge is 0.467 e. The number of carbonyl (C=O) groups is 1. The summed E-state index contributed by atoms with van der Waals surface area (Å²) in [4.78, 5) is 12.3. The first kappa shape index (κ1) is 19.9. The van der Waals surface area contributed by atoms with E-state index in [0.717, 1.165) is 5.56 Å². The maximum Gasteiger partial charge on any atom is 0.261 e. The number of furan rings is 1. The third kappa shape index (κ3) is 3.86. The summed E-state index contributed by atoms with van der Waals surface area (Å²) < 4.78 is 33.9. The second kappa shape index (κ2) is 7.79. The SMILES string of the molecule is CC(=O)N1N=C(c2ccccc2NS(=O)(=O)c2ccc(C)cc2)C[C@H]1c1ccco1. The van der Waals surface area contributed by atoms with Gasteiger partial charge in [-0.15, -0.1) is 0 Å². The summed E-state index contributed by atoms with van der Waals surface area (Å²) >= 11 is 0. The Balaban J connectivity index is 1.67. The van der Waals surface area contributed by atoms with E-state index in [-0.39, 0.29) is 16.8 Å². The average Bonchev–Trinajstić information content (AvgIpc) is 3.38. The highest BCUT2D eigenvalue weighted by Crippen LogP contribution is 2.35. The van der Waals surface area contributed by atoms with Gasteiger partial charge in [0, 0.05) is 18.9 Å². The molecule has 30 heavy (non-hydrogen) atoms. The van der Waals surface area contributed by atoms with Gasteiger partial charge in [0.15, 0.2) is 0 Å². The highest BCUT2D eigenvalue weighted by atomic mass is 32.2. The predicted octanol–water partition coefficient (Wildman–Crippen LogP) is 4.09. The van der Waals surface area contributed by atoms with Crippen molar-refractivity contribution in [3.8, 4) is 0 Å². The van der Waals surface area contributed by atoms with Crippen molar-refractivity contribution in [2.24, 2.45) is 5.10 Å². The molecule has 1 aromatic heterocycles. The van der Waals surface area contributed by atoms with Crippen LogP contribution in [-0.4, -0.2) is 25.0 Å². The van der Waals surface area contributed by atoms with Crippen LogP contribution >= 0.6 is 0 Å². The monoisotopic (exact) mass is 423 g/mol. The molecule has 1 aliphatic rings. The highest BCUT2D eigenvalue weighted by molar-refractivity contribution is 7.92. The zero-order chi connectivity index (χ0) is 21.3. The molecule has 1 N–H and O–H groups in total. The molecule has 4 rings (SSSR count). The van der Waals surface area contributed by atoms with Crippen LogP contribution in [0.25, 0.3) is 0 Å². The van der Waals surface area contributed by atoms with Crippen LogP contribution in [0, 0.1) is 6.92 Å². The number of hydrogen-bond donors (Lipinski definition) is 1. The molecule has 7 nitrogen and oxygen atoms in total. The van der Waals surface area contributed by atoms with Crippen LogP contribution in [0.1, 0.15) is 36.3 Å². The van der Waals surface area contributed by atoms with Crippen LogP contribution in [0.5, 0.6) is 0 Å². The Bertz CT molecular complexity index is 1200. The number of nitrogens with zero attached hydrogens (tertiary/aromatic N) is 2. The van der Waals surface area contributed by atoms with E-state index in [1.54, 1.807) is 66.9 Å². The summed E-state index contributed by atoms with van der Waals surface area (Å²) in [5.74, 6) is 0.408. The predicted molar refractivity (Wildman–Crippen MR) is 114 cm³/mol. The summed E-state index contributed by atoms with van der Waals surface area (Å²) in [7, 11) is -3.77. The first-order valence-electron chi connectivity index (χ1n) is 9.45. The van der Waals surface area contributed by atoms with Crippen LogP contribution in [0.4, 0.5) is 5.69 Å². The Labute approximate surface area is 175 Å². The Hall–Kier alpha value is -3.39. The molecule has 154 valence electrons. The van der Waals surface area contributed by atoms with Gasteiger partial charge in [-0.05, 0) is 37.3 Å². The average molecular weight is 423 g/mol. The van der Waals surface area contributed by atoms with Crippen LogP contribution in [-0.2, 0) is 14.8 Å². The van der Waals surface area contributed by atoms with Gasteiger partial charge < -0.3 is 4.42 Å². The van der Waals surface area contributed by atoms with Crippen molar-refractivity contribution in [3.63, 3.8) is 0 Å². The number of rotatable bonds is 5. The Kier molecular flexibility index (Phi) is 5.17. The molecule has 1 aliphatic heterocycles. The number of para-hydroxylation sites is 1. The van der Waals surface area contributed by atoms with Crippen LogP contribution in [0.2, 0.25) is 0 Å². The minimum Gasteiger partial charge on any atom is -0.467 e. The quantitative estimate of drug-likeness (QED) is 0.669. The smallest absolute Gasteiger partial charge is 0.261 e. The van der Waals surface area contributed by atoms with E-state index in [2.05, 4.69) is 9.82 Å². The van der Waals surface area contributed by atoms with Gasteiger partial charge >= 0.3 is 0 Å². The van der Waals surface area contributed by atoms with Crippen molar-refractivity contribution in [3.05, 3.63) is 83.8 Å². The molecule has 0 radical (unpaired) electrons. The first-order chi connectivity index (χ1) is 14.3. The number of amides is 1. The molecule has 1 amide bonds. The number of sulfonamides is 1. The van der Waals surface area contributed by atoms with Gasteiger partial charge in [-0.25, -0.2) is 13.4 Å². The maximum atomic E-state index is 12.9. The lowest BCUT2D eigenvalue weighted by atomic mass is 10.0. The Morgan fingerprint density at radius 3 is 2.50 bits per heavy atom. The summed E-state index contributed by atoms with van der Waals surface area (Å²) in [6.07, 6.45) is 1.96. The van der Waals surface area contributed by atoms with Gasteiger partial charge in [0.25, 0.3) is 10.0 Å². The van der Waals surface area contributed by atoms with Crippen LogP contribution in [0.15, 0.2) is 81.3 Å². The summed E-state index contributed by atoms with van der Waals surface area (Å²) in [5, 5.41) is 5.85. The molecule has 0 unspecified atom stereocenters. The molecule has 2 aromatic carbocycles. The number of anilines is 1. The number of aryl methyl sites for hydroxylation is 1. The second-order valence-corrected chi connectivity index (χ2v) is 8.79. The van der Waals surface area contributed by atoms with Crippen LogP contribution in [0.3, 0.4) is 0 Å². The van der Waals surface area contributed by atoms with Gasteiger partial charge in [-0.1, -0.05) is 35.9 Å². The number of carbonyl (C=O) groups excluding carboxylic acids is 1. The molecule has 0 spiro atoms. The minimum atomic E-state index is -3.77. The van der Waals surface area contributed by atoms with Crippen molar-refractivity contribution in [1.29, 1.82) is 0 Å². The fraction of sp³-hybridized carbons (Fsp3) is 0.182. The van der Waals surface area contributed by atoms with Crippen molar-refractivity contribution >= 4 is 27.3 Å². The molecule has 0 saturated heterocycles. The Morgan fingerprint density at radius 1 is 1.10 bits per heavy atom.